The van der Waals surface area contributed by atoms with Gasteiger partial charge in [0, 0.05) is 13.7 Å². The molecule has 0 aromatic heterocycles. The van der Waals surface area contributed by atoms with Gasteiger partial charge in [-0.1, -0.05) is 13.3 Å². The number of hydrogen-bond acceptors (Lipinski definition) is 4. The summed E-state index contributed by atoms with van der Waals surface area (Å²) in [5, 5.41) is 3.48. The Kier molecular flexibility index (Phi) is 5.21. The van der Waals surface area contributed by atoms with Gasteiger partial charge in [-0.05, 0) is 55.6 Å². The molecular weight excluding hydrogens is 276 g/mol. The minimum Gasteiger partial charge on any atom is -0.486 e. The molecule has 3 rings (SSSR count). The van der Waals surface area contributed by atoms with Crippen LogP contribution in [-0.2, 0) is 17.6 Å². The number of methoxy groups -OCH3 is 1. The fraction of sp³-hybridized carbons (Fsp3) is 0.667. The first-order valence-corrected chi connectivity index (χ1v) is 8.59. The predicted octanol–water partition coefficient (Wildman–Crippen LogP) is 2.39. The standard InChI is InChI=1S/C18H28N2O2/c1-3-4-16-13-20(9-10-21-2)17-11-14-5-7-19-8-6-15(14)12-18(17)22-16/h11-12,16,19H,3-10,13H2,1-2H3/t16-/m0/s1. The van der Waals surface area contributed by atoms with E-state index in [0.717, 1.165) is 64.2 Å². The predicted molar refractivity (Wildman–Crippen MR) is 90.1 cm³/mol. The number of nitrogens with one attached hydrogen (secondary N) is 1. The van der Waals surface area contributed by atoms with Crippen molar-refractivity contribution in [1.29, 1.82) is 0 Å². The molecule has 4 nitrogen and oxygen atoms in total. The average molecular weight is 304 g/mol. The molecule has 0 unspecified atom stereocenters. The van der Waals surface area contributed by atoms with E-state index in [1.165, 1.54) is 16.8 Å². The Hall–Kier alpha value is -1.26. The van der Waals surface area contributed by atoms with Crippen molar-refractivity contribution in [3.8, 4) is 5.75 Å². The summed E-state index contributed by atoms with van der Waals surface area (Å²) in [6, 6.07) is 4.65. The van der Waals surface area contributed by atoms with Crippen LogP contribution in [0, 0.1) is 0 Å². The molecule has 122 valence electrons. The zero-order valence-corrected chi connectivity index (χ0v) is 13.9. The van der Waals surface area contributed by atoms with Crippen LogP contribution < -0.4 is 15.0 Å². The molecule has 1 N–H and O–H groups in total. The van der Waals surface area contributed by atoms with Crippen LogP contribution in [0.5, 0.6) is 5.75 Å². The molecule has 1 atom stereocenters. The Morgan fingerprint density at radius 3 is 2.77 bits per heavy atom. The van der Waals surface area contributed by atoms with Crippen molar-refractivity contribution >= 4 is 5.69 Å². The van der Waals surface area contributed by atoms with Crippen molar-refractivity contribution in [2.45, 2.75) is 38.7 Å². The smallest absolute Gasteiger partial charge is 0.143 e. The molecule has 0 amide bonds. The van der Waals surface area contributed by atoms with Crippen molar-refractivity contribution in [1.82, 2.24) is 5.32 Å². The summed E-state index contributed by atoms with van der Waals surface area (Å²) in [4.78, 5) is 2.45. The zero-order chi connectivity index (χ0) is 15.4. The Bertz CT molecular complexity index is 504. The van der Waals surface area contributed by atoms with E-state index in [-0.39, 0.29) is 0 Å². The monoisotopic (exact) mass is 304 g/mol. The summed E-state index contributed by atoms with van der Waals surface area (Å²) in [5.74, 6) is 1.07. The highest BCUT2D eigenvalue weighted by molar-refractivity contribution is 5.64. The zero-order valence-electron chi connectivity index (χ0n) is 13.9. The number of benzene rings is 1. The third-order valence-electron chi connectivity index (χ3n) is 4.66. The highest BCUT2D eigenvalue weighted by Gasteiger charge is 2.26. The Morgan fingerprint density at radius 2 is 2.05 bits per heavy atom. The highest BCUT2D eigenvalue weighted by atomic mass is 16.5. The van der Waals surface area contributed by atoms with Crippen LogP contribution in [0.4, 0.5) is 5.69 Å². The van der Waals surface area contributed by atoms with Crippen molar-refractivity contribution in [3.63, 3.8) is 0 Å². The average Bonchev–Trinajstić information content (AvgIpc) is 2.75. The highest BCUT2D eigenvalue weighted by Crippen LogP contribution is 2.37. The molecule has 0 radical (unpaired) electrons. The minimum absolute atomic E-state index is 0.302. The van der Waals surface area contributed by atoms with E-state index in [0.29, 0.717) is 6.10 Å². The van der Waals surface area contributed by atoms with Crippen LogP contribution in [0.25, 0.3) is 0 Å². The first-order chi connectivity index (χ1) is 10.8. The second kappa shape index (κ2) is 7.34. The second-order valence-electron chi connectivity index (χ2n) is 6.31. The minimum atomic E-state index is 0.302. The van der Waals surface area contributed by atoms with Gasteiger partial charge in [-0.3, -0.25) is 0 Å². The van der Waals surface area contributed by atoms with Crippen LogP contribution in [-0.4, -0.2) is 46.0 Å². The number of anilines is 1. The van der Waals surface area contributed by atoms with Gasteiger partial charge in [0.05, 0.1) is 18.8 Å². The van der Waals surface area contributed by atoms with Crippen LogP contribution in [0.2, 0.25) is 0 Å². The maximum absolute atomic E-state index is 6.29. The number of nitrogens with zero attached hydrogens (tertiary/aromatic N) is 1. The molecular formula is C18H28N2O2. The maximum Gasteiger partial charge on any atom is 0.143 e. The number of hydrogen-bond donors (Lipinski definition) is 1. The molecule has 22 heavy (non-hydrogen) atoms. The fourth-order valence-corrected chi connectivity index (χ4v) is 3.48. The molecule has 0 bridgehead atoms. The number of rotatable bonds is 5. The van der Waals surface area contributed by atoms with E-state index in [1.807, 2.05) is 0 Å². The van der Waals surface area contributed by atoms with Gasteiger partial charge in [-0.25, -0.2) is 0 Å². The van der Waals surface area contributed by atoms with E-state index < -0.39 is 0 Å². The molecule has 0 saturated heterocycles. The molecule has 4 heteroatoms. The largest absolute Gasteiger partial charge is 0.486 e. The van der Waals surface area contributed by atoms with Crippen molar-refractivity contribution in [2.75, 3.05) is 44.8 Å². The van der Waals surface area contributed by atoms with E-state index in [2.05, 4.69) is 29.3 Å². The molecule has 0 fully saturated rings. The second-order valence-corrected chi connectivity index (χ2v) is 6.31. The normalized spacial score (nSPS) is 20.8. The summed E-state index contributed by atoms with van der Waals surface area (Å²) >= 11 is 0. The first-order valence-electron chi connectivity index (χ1n) is 8.59. The molecule has 0 spiro atoms. The Morgan fingerprint density at radius 1 is 1.27 bits per heavy atom. The lowest BCUT2D eigenvalue weighted by Crippen LogP contribution is -2.41. The van der Waals surface area contributed by atoms with Crippen molar-refractivity contribution in [2.24, 2.45) is 0 Å². The molecule has 2 aliphatic heterocycles. The van der Waals surface area contributed by atoms with Crippen LogP contribution in [0.1, 0.15) is 30.9 Å². The van der Waals surface area contributed by atoms with Gasteiger partial charge >= 0.3 is 0 Å². The third kappa shape index (κ3) is 3.39. The number of ether oxygens (including phenoxy) is 2. The molecule has 1 aromatic carbocycles. The molecule has 0 saturated carbocycles. The van der Waals surface area contributed by atoms with Gasteiger partial charge in [0.15, 0.2) is 0 Å². The Balaban J connectivity index is 1.90. The van der Waals surface area contributed by atoms with Crippen LogP contribution >= 0.6 is 0 Å². The van der Waals surface area contributed by atoms with Crippen LogP contribution in [0.3, 0.4) is 0 Å². The fourth-order valence-electron chi connectivity index (χ4n) is 3.48. The molecule has 2 aliphatic rings. The lowest BCUT2D eigenvalue weighted by atomic mass is 9.99. The summed E-state index contributed by atoms with van der Waals surface area (Å²) < 4.78 is 11.6. The van der Waals surface area contributed by atoms with Crippen LogP contribution in [0.15, 0.2) is 12.1 Å². The molecule has 2 heterocycles. The SMILES string of the molecule is CCC[C@H]1CN(CCOC)c2cc3c(cc2O1)CCNCC3. The van der Waals surface area contributed by atoms with Gasteiger partial charge in [0.25, 0.3) is 0 Å². The van der Waals surface area contributed by atoms with E-state index in [9.17, 15) is 0 Å². The Labute approximate surface area is 133 Å². The molecule has 1 aromatic rings. The topological polar surface area (TPSA) is 33.7 Å². The molecule has 0 aliphatic carbocycles. The third-order valence-corrected chi connectivity index (χ3v) is 4.66. The quantitative estimate of drug-likeness (QED) is 0.905. The first kappa shape index (κ1) is 15.6. The van der Waals surface area contributed by atoms with Crippen molar-refractivity contribution in [3.05, 3.63) is 23.3 Å². The van der Waals surface area contributed by atoms with E-state index in [1.54, 1.807) is 7.11 Å². The summed E-state index contributed by atoms with van der Waals surface area (Å²) in [6.07, 6.45) is 4.78. The number of fused-ring (bicyclic) bond motifs is 2. The van der Waals surface area contributed by atoms with Gasteiger partial charge < -0.3 is 19.7 Å². The van der Waals surface area contributed by atoms with E-state index >= 15 is 0 Å². The van der Waals surface area contributed by atoms with Gasteiger partial charge in [0.2, 0.25) is 0 Å². The van der Waals surface area contributed by atoms with Gasteiger partial charge in [-0.15, -0.1) is 0 Å². The lowest BCUT2D eigenvalue weighted by Gasteiger charge is -2.37. The van der Waals surface area contributed by atoms with Gasteiger partial charge in [0.1, 0.15) is 11.9 Å². The van der Waals surface area contributed by atoms with Gasteiger partial charge in [-0.2, -0.15) is 0 Å². The van der Waals surface area contributed by atoms with Crippen molar-refractivity contribution < 1.29 is 9.47 Å². The summed E-state index contributed by atoms with van der Waals surface area (Å²) in [6.45, 7) is 7.03. The van der Waals surface area contributed by atoms with E-state index in [4.69, 9.17) is 9.47 Å². The summed E-state index contributed by atoms with van der Waals surface area (Å²) in [5.41, 5.74) is 4.18. The lowest BCUT2D eigenvalue weighted by molar-refractivity contribution is 0.169. The maximum atomic E-state index is 6.29. The summed E-state index contributed by atoms with van der Waals surface area (Å²) in [7, 11) is 1.77.